The molecule has 0 aromatic heterocycles. The van der Waals surface area contributed by atoms with Crippen molar-refractivity contribution in [3.05, 3.63) is 83.5 Å². The molecule has 4 N–H and O–H groups in total. The van der Waals surface area contributed by atoms with Crippen molar-refractivity contribution in [2.75, 3.05) is 18.5 Å². The van der Waals surface area contributed by atoms with Crippen molar-refractivity contribution >= 4 is 17.1 Å². The molecule has 1 aliphatic heterocycles. The van der Waals surface area contributed by atoms with Crippen LogP contribution in [0.5, 0.6) is 5.75 Å². The highest BCUT2D eigenvalue weighted by Gasteiger charge is 2.39. The van der Waals surface area contributed by atoms with E-state index in [9.17, 15) is 0 Å². The SMILES string of the molecule is Cc1ccc(O[C@@H]2c3ccccc3C[C@H]2N2CCC[C@H](N)C2)c(N/N=C2/C=CC=CC2=N)c1. The van der Waals surface area contributed by atoms with E-state index in [1.807, 2.05) is 30.4 Å². The lowest BCUT2D eigenvalue weighted by Crippen LogP contribution is -2.49. The molecule has 170 valence electrons. The van der Waals surface area contributed by atoms with Gasteiger partial charge in [-0.1, -0.05) is 42.5 Å². The van der Waals surface area contributed by atoms with Crippen LogP contribution in [0.2, 0.25) is 0 Å². The van der Waals surface area contributed by atoms with Gasteiger partial charge in [-0.3, -0.25) is 15.7 Å². The van der Waals surface area contributed by atoms with Crippen LogP contribution in [0.3, 0.4) is 0 Å². The lowest BCUT2D eigenvalue weighted by molar-refractivity contribution is 0.0597. The molecule has 5 rings (SSSR count). The third-order valence-corrected chi connectivity index (χ3v) is 6.69. The summed E-state index contributed by atoms with van der Waals surface area (Å²) in [6.45, 7) is 4.02. The number of hydrogen-bond acceptors (Lipinski definition) is 6. The smallest absolute Gasteiger partial charge is 0.145 e. The number of ether oxygens (including phenoxy) is 1. The Balaban J connectivity index is 1.44. The predicted molar refractivity (Wildman–Crippen MR) is 134 cm³/mol. The van der Waals surface area contributed by atoms with Crippen LogP contribution < -0.4 is 15.9 Å². The monoisotopic (exact) mass is 441 g/mol. The number of hydrogen-bond donors (Lipinski definition) is 3. The Morgan fingerprint density at radius 1 is 1.15 bits per heavy atom. The highest BCUT2D eigenvalue weighted by Crippen LogP contribution is 2.40. The highest BCUT2D eigenvalue weighted by atomic mass is 16.5. The second-order valence-corrected chi connectivity index (χ2v) is 9.15. The Bertz CT molecular complexity index is 1140. The number of allylic oxidation sites excluding steroid dienone is 4. The molecule has 0 spiro atoms. The Morgan fingerprint density at radius 2 is 2.00 bits per heavy atom. The van der Waals surface area contributed by atoms with Gasteiger partial charge in [0.25, 0.3) is 0 Å². The fourth-order valence-corrected chi connectivity index (χ4v) is 5.00. The topological polar surface area (TPSA) is 86.7 Å². The molecule has 6 heteroatoms. The van der Waals surface area contributed by atoms with E-state index in [2.05, 4.69) is 52.7 Å². The maximum Gasteiger partial charge on any atom is 0.145 e. The lowest BCUT2D eigenvalue weighted by atomic mass is 10.0. The quantitative estimate of drug-likeness (QED) is 0.475. The summed E-state index contributed by atoms with van der Waals surface area (Å²) in [5.41, 5.74) is 15.0. The number of benzene rings is 2. The maximum atomic E-state index is 8.07. The van der Waals surface area contributed by atoms with E-state index >= 15 is 0 Å². The molecular weight excluding hydrogens is 410 g/mol. The molecule has 0 saturated carbocycles. The number of likely N-dealkylation sites (tertiary alicyclic amines) is 1. The van der Waals surface area contributed by atoms with Crippen LogP contribution in [0.15, 0.2) is 71.9 Å². The van der Waals surface area contributed by atoms with Gasteiger partial charge in [0, 0.05) is 12.6 Å². The summed E-state index contributed by atoms with van der Waals surface area (Å²) in [4.78, 5) is 2.51. The van der Waals surface area contributed by atoms with E-state index in [4.69, 9.17) is 15.9 Å². The van der Waals surface area contributed by atoms with Gasteiger partial charge in [-0.15, -0.1) is 0 Å². The predicted octanol–water partition coefficient (Wildman–Crippen LogP) is 4.38. The average molecular weight is 442 g/mol. The van der Waals surface area contributed by atoms with Gasteiger partial charge >= 0.3 is 0 Å². The number of fused-ring (bicyclic) bond motifs is 1. The summed E-state index contributed by atoms with van der Waals surface area (Å²) in [6.07, 6.45) is 10.4. The van der Waals surface area contributed by atoms with Gasteiger partial charge in [0.2, 0.25) is 0 Å². The summed E-state index contributed by atoms with van der Waals surface area (Å²) >= 11 is 0. The first-order chi connectivity index (χ1) is 16.1. The Kier molecular flexibility index (Phi) is 6.11. The van der Waals surface area contributed by atoms with Crippen LogP contribution in [0.4, 0.5) is 5.69 Å². The normalized spacial score (nSPS) is 25.9. The molecule has 3 aliphatic rings. The number of piperidine rings is 1. The van der Waals surface area contributed by atoms with Crippen molar-refractivity contribution in [2.24, 2.45) is 10.8 Å². The number of nitrogens with zero attached hydrogens (tertiary/aromatic N) is 2. The zero-order valence-corrected chi connectivity index (χ0v) is 19.0. The van der Waals surface area contributed by atoms with Crippen molar-refractivity contribution in [2.45, 2.75) is 44.4 Å². The molecule has 1 saturated heterocycles. The van der Waals surface area contributed by atoms with Gasteiger partial charge in [-0.05, 0) is 73.7 Å². The minimum absolute atomic E-state index is 0.0711. The highest BCUT2D eigenvalue weighted by molar-refractivity contribution is 6.50. The fourth-order valence-electron chi connectivity index (χ4n) is 5.00. The van der Waals surface area contributed by atoms with E-state index in [0.717, 1.165) is 49.4 Å². The summed E-state index contributed by atoms with van der Waals surface area (Å²) < 4.78 is 6.76. The number of nitrogens with one attached hydrogen (secondary N) is 2. The Labute approximate surface area is 195 Å². The second kappa shape index (κ2) is 9.33. The van der Waals surface area contributed by atoms with E-state index in [-0.39, 0.29) is 18.2 Å². The van der Waals surface area contributed by atoms with Crippen LogP contribution in [-0.2, 0) is 6.42 Å². The third-order valence-electron chi connectivity index (χ3n) is 6.69. The van der Waals surface area contributed by atoms with Gasteiger partial charge in [0.15, 0.2) is 0 Å². The fraction of sp³-hybridized carbons (Fsp3) is 0.333. The van der Waals surface area contributed by atoms with Crippen molar-refractivity contribution in [3.8, 4) is 5.75 Å². The first kappa shape index (κ1) is 21.6. The molecule has 33 heavy (non-hydrogen) atoms. The molecule has 2 aromatic carbocycles. The third kappa shape index (κ3) is 4.63. The number of rotatable bonds is 5. The zero-order chi connectivity index (χ0) is 22.8. The van der Waals surface area contributed by atoms with Crippen LogP contribution >= 0.6 is 0 Å². The second-order valence-electron chi connectivity index (χ2n) is 9.15. The molecule has 2 aliphatic carbocycles. The van der Waals surface area contributed by atoms with Crippen molar-refractivity contribution in [3.63, 3.8) is 0 Å². The van der Waals surface area contributed by atoms with Crippen molar-refractivity contribution in [1.82, 2.24) is 4.90 Å². The van der Waals surface area contributed by atoms with Crippen molar-refractivity contribution < 1.29 is 4.74 Å². The summed E-state index contributed by atoms with van der Waals surface area (Å²) in [5, 5.41) is 12.5. The van der Waals surface area contributed by atoms with E-state index in [1.54, 1.807) is 6.08 Å². The van der Waals surface area contributed by atoms with Gasteiger partial charge in [-0.2, -0.15) is 5.10 Å². The number of nitrogens with two attached hydrogens (primary N) is 1. The number of aryl methyl sites for hydroxylation is 1. The van der Waals surface area contributed by atoms with E-state index in [0.29, 0.717) is 11.4 Å². The minimum Gasteiger partial charge on any atom is -0.482 e. The number of hydrazone groups is 1. The molecule has 6 nitrogen and oxygen atoms in total. The zero-order valence-electron chi connectivity index (χ0n) is 19.0. The molecule has 0 bridgehead atoms. The van der Waals surface area contributed by atoms with Crippen LogP contribution in [0.25, 0.3) is 0 Å². The molecule has 0 radical (unpaired) electrons. The molecule has 1 heterocycles. The summed E-state index contributed by atoms with van der Waals surface area (Å²) in [6, 6.07) is 15.2. The Morgan fingerprint density at radius 3 is 2.85 bits per heavy atom. The summed E-state index contributed by atoms with van der Waals surface area (Å²) in [7, 11) is 0. The largest absolute Gasteiger partial charge is 0.482 e. The standard InChI is InChI=1S/C27H31N5O/c1-18-12-13-26(24(15-18)31-30-23-11-5-4-10-22(23)29)33-27-21-9-3-2-7-19(21)16-25(27)32-14-6-8-20(28)17-32/h2-5,7,9-13,15,20,25,27,29,31H,6,8,14,16-17,28H2,1H3/b29-22?,30-23-/t20-,25+,27+/m0/s1. The van der Waals surface area contributed by atoms with Gasteiger partial charge in [0.05, 0.1) is 17.4 Å². The minimum atomic E-state index is -0.0711. The molecule has 1 fully saturated rings. The van der Waals surface area contributed by atoms with Crippen LogP contribution in [0.1, 0.15) is 35.6 Å². The Hall–Kier alpha value is -3.22. The molecule has 3 atom stereocenters. The van der Waals surface area contributed by atoms with E-state index in [1.165, 1.54) is 11.1 Å². The molecular formula is C27H31N5O. The first-order valence-corrected chi connectivity index (χ1v) is 11.7. The first-order valence-electron chi connectivity index (χ1n) is 11.7. The van der Waals surface area contributed by atoms with Gasteiger partial charge in [-0.25, -0.2) is 0 Å². The van der Waals surface area contributed by atoms with Crippen molar-refractivity contribution in [1.29, 1.82) is 5.41 Å². The van der Waals surface area contributed by atoms with Crippen LogP contribution in [0, 0.1) is 12.3 Å². The van der Waals surface area contributed by atoms with Gasteiger partial charge < -0.3 is 10.5 Å². The summed E-state index contributed by atoms with van der Waals surface area (Å²) in [5.74, 6) is 0.764. The van der Waals surface area contributed by atoms with Gasteiger partial charge in [0.1, 0.15) is 17.6 Å². The molecule has 2 aromatic rings. The maximum absolute atomic E-state index is 8.07. The number of anilines is 1. The lowest BCUT2D eigenvalue weighted by Gasteiger charge is -2.38. The van der Waals surface area contributed by atoms with E-state index < -0.39 is 0 Å². The molecule has 0 amide bonds. The van der Waals surface area contributed by atoms with Crippen LogP contribution in [-0.4, -0.2) is 41.5 Å². The average Bonchev–Trinajstić information content (AvgIpc) is 3.18. The molecule has 0 unspecified atom stereocenters.